The molecule has 2 unspecified atom stereocenters. The summed E-state index contributed by atoms with van der Waals surface area (Å²) in [5.41, 5.74) is 0.672. The first-order chi connectivity index (χ1) is 10.9. The average Bonchev–Trinajstić information content (AvgIpc) is 2.93. The van der Waals surface area contributed by atoms with Crippen molar-refractivity contribution in [3.8, 4) is 0 Å². The van der Waals surface area contributed by atoms with E-state index in [2.05, 4.69) is 35.9 Å². The predicted octanol–water partition coefficient (Wildman–Crippen LogP) is 3.32. The van der Waals surface area contributed by atoms with Crippen LogP contribution in [0.25, 0.3) is 0 Å². The Labute approximate surface area is 143 Å². The van der Waals surface area contributed by atoms with Crippen LogP contribution in [0.5, 0.6) is 0 Å². The van der Waals surface area contributed by atoms with Gasteiger partial charge in [0.2, 0.25) is 0 Å². The van der Waals surface area contributed by atoms with E-state index in [9.17, 15) is 4.39 Å². The lowest BCUT2D eigenvalue weighted by Crippen LogP contribution is -2.58. The van der Waals surface area contributed by atoms with Gasteiger partial charge in [0.15, 0.2) is 5.11 Å². The van der Waals surface area contributed by atoms with Gasteiger partial charge in [-0.3, -0.25) is 4.90 Å². The molecular weight excluding hydrogens is 309 g/mol. The lowest BCUT2D eigenvalue weighted by atomic mass is 9.93. The van der Waals surface area contributed by atoms with Crippen molar-refractivity contribution in [1.29, 1.82) is 0 Å². The molecule has 23 heavy (non-hydrogen) atoms. The lowest BCUT2D eigenvalue weighted by Gasteiger charge is -2.47. The summed E-state index contributed by atoms with van der Waals surface area (Å²) >= 11 is 5.68. The van der Waals surface area contributed by atoms with E-state index in [1.165, 1.54) is 6.42 Å². The standard InChI is InChI=1S/C18H26FN3S/c1-18(2,3)20-17(23)22-12-11-21-10-6-9-15(21)16(22)13-7-4-5-8-14(13)19/h4-5,7-8,15-16H,6,9-12H2,1-3H3,(H,20,23). The van der Waals surface area contributed by atoms with Crippen molar-refractivity contribution in [3.63, 3.8) is 0 Å². The van der Waals surface area contributed by atoms with E-state index in [4.69, 9.17) is 12.2 Å². The molecule has 0 saturated carbocycles. The molecule has 1 aromatic rings. The fraction of sp³-hybridized carbons (Fsp3) is 0.611. The second-order valence-electron chi connectivity index (χ2n) is 7.59. The number of benzene rings is 1. The highest BCUT2D eigenvalue weighted by atomic mass is 32.1. The van der Waals surface area contributed by atoms with Gasteiger partial charge in [0.05, 0.1) is 6.04 Å². The second kappa shape index (κ2) is 6.36. The van der Waals surface area contributed by atoms with Gasteiger partial charge in [0, 0.05) is 30.2 Å². The molecule has 0 bridgehead atoms. The van der Waals surface area contributed by atoms with Crippen molar-refractivity contribution < 1.29 is 4.39 Å². The molecule has 0 amide bonds. The van der Waals surface area contributed by atoms with Crippen LogP contribution in [-0.4, -0.2) is 46.1 Å². The molecule has 2 atom stereocenters. The number of rotatable bonds is 1. The Morgan fingerprint density at radius 2 is 1.96 bits per heavy atom. The highest BCUT2D eigenvalue weighted by molar-refractivity contribution is 7.80. The molecular formula is C18H26FN3S. The normalized spacial score (nSPS) is 25.3. The maximum atomic E-state index is 14.5. The molecule has 0 radical (unpaired) electrons. The molecule has 0 spiro atoms. The molecule has 0 aliphatic carbocycles. The summed E-state index contributed by atoms with van der Waals surface area (Å²) < 4.78 is 14.5. The highest BCUT2D eigenvalue weighted by Gasteiger charge is 2.42. The maximum Gasteiger partial charge on any atom is 0.169 e. The van der Waals surface area contributed by atoms with Crippen LogP contribution < -0.4 is 5.32 Å². The summed E-state index contributed by atoms with van der Waals surface area (Å²) in [4.78, 5) is 4.69. The quantitative estimate of drug-likeness (QED) is 0.793. The lowest BCUT2D eigenvalue weighted by molar-refractivity contribution is 0.0867. The Morgan fingerprint density at radius 1 is 1.22 bits per heavy atom. The molecule has 1 N–H and O–H groups in total. The number of hydrogen-bond acceptors (Lipinski definition) is 2. The first-order valence-electron chi connectivity index (χ1n) is 8.44. The predicted molar refractivity (Wildman–Crippen MR) is 95.9 cm³/mol. The van der Waals surface area contributed by atoms with Crippen LogP contribution in [0.2, 0.25) is 0 Å². The third-order valence-electron chi connectivity index (χ3n) is 4.71. The number of hydrogen-bond donors (Lipinski definition) is 1. The Kier molecular flexibility index (Phi) is 4.61. The average molecular weight is 335 g/mol. The molecule has 3 rings (SSSR count). The largest absolute Gasteiger partial charge is 0.358 e. The first-order valence-corrected chi connectivity index (χ1v) is 8.85. The van der Waals surface area contributed by atoms with Gasteiger partial charge >= 0.3 is 0 Å². The van der Waals surface area contributed by atoms with E-state index in [1.807, 2.05) is 12.1 Å². The summed E-state index contributed by atoms with van der Waals surface area (Å²) in [5, 5.41) is 4.14. The van der Waals surface area contributed by atoms with E-state index >= 15 is 0 Å². The van der Waals surface area contributed by atoms with Crippen LogP contribution >= 0.6 is 12.2 Å². The summed E-state index contributed by atoms with van der Waals surface area (Å²) in [7, 11) is 0. The summed E-state index contributed by atoms with van der Waals surface area (Å²) in [6, 6.07) is 7.49. The minimum atomic E-state index is -0.130. The molecule has 126 valence electrons. The van der Waals surface area contributed by atoms with Gasteiger partial charge in [-0.2, -0.15) is 0 Å². The van der Waals surface area contributed by atoms with E-state index in [1.54, 1.807) is 12.1 Å². The third-order valence-corrected chi connectivity index (χ3v) is 5.05. The van der Waals surface area contributed by atoms with Gasteiger partial charge in [0.25, 0.3) is 0 Å². The Hall–Kier alpha value is -1.20. The Bertz CT molecular complexity index is 584. The third kappa shape index (κ3) is 3.50. The monoisotopic (exact) mass is 335 g/mol. The van der Waals surface area contributed by atoms with Crippen molar-refractivity contribution >= 4 is 17.3 Å². The second-order valence-corrected chi connectivity index (χ2v) is 7.97. The maximum absolute atomic E-state index is 14.5. The van der Waals surface area contributed by atoms with Crippen LogP contribution in [0.3, 0.4) is 0 Å². The van der Waals surface area contributed by atoms with Crippen molar-refractivity contribution in [2.45, 2.75) is 51.2 Å². The molecule has 2 saturated heterocycles. The SMILES string of the molecule is CC(C)(C)NC(=S)N1CCN2CCCC2C1c1ccccc1F. The van der Waals surface area contributed by atoms with Gasteiger partial charge in [-0.25, -0.2) is 4.39 Å². The summed E-state index contributed by atoms with van der Waals surface area (Å²) in [5.74, 6) is -0.130. The van der Waals surface area contributed by atoms with Crippen molar-refractivity contribution in [2.75, 3.05) is 19.6 Å². The Morgan fingerprint density at radius 3 is 2.65 bits per heavy atom. The van der Waals surface area contributed by atoms with Crippen molar-refractivity contribution in [3.05, 3.63) is 35.6 Å². The fourth-order valence-electron chi connectivity index (χ4n) is 3.78. The molecule has 3 nitrogen and oxygen atoms in total. The molecule has 1 aromatic carbocycles. The van der Waals surface area contributed by atoms with Crippen LogP contribution in [-0.2, 0) is 0 Å². The van der Waals surface area contributed by atoms with Gasteiger partial charge in [-0.1, -0.05) is 18.2 Å². The van der Waals surface area contributed by atoms with Crippen LogP contribution in [0, 0.1) is 5.82 Å². The minimum Gasteiger partial charge on any atom is -0.358 e. The molecule has 2 fully saturated rings. The van der Waals surface area contributed by atoms with E-state index in [0.717, 1.165) is 36.7 Å². The number of nitrogens with zero attached hydrogens (tertiary/aromatic N) is 2. The molecule has 2 aliphatic rings. The highest BCUT2D eigenvalue weighted by Crippen LogP contribution is 2.38. The van der Waals surface area contributed by atoms with E-state index < -0.39 is 0 Å². The zero-order chi connectivity index (χ0) is 16.6. The molecule has 2 heterocycles. The van der Waals surface area contributed by atoms with Crippen molar-refractivity contribution in [1.82, 2.24) is 15.1 Å². The topological polar surface area (TPSA) is 18.5 Å². The zero-order valence-electron chi connectivity index (χ0n) is 14.2. The van der Waals surface area contributed by atoms with Gasteiger partial charge < -0.3 is 10.2 Å². The summed E-state index contributed by atoms with van der Waals surface area (Å²) in [6.45, 7) is 9.26. The number of halogens is 1. The van der Waals surface area contributed by atoms with E-state index in [0.29, 0.717) is 6.04 Å². The van der Waals surface area contributed by atoms with Crippen LogP contribution in [0.4, 0.5) is 4.39 Å². The summed E-state index contributed by atoms with van der Waals surface area (Å²) in [6.07, 6.45) is 2.29. The Balaban J connectivity index is 1.94. The van der Waals surface area contributed by atoms with Gasteiger partial charge in [-0.15, -0.1) is 0 Å². The molecule has 2 aliphatic heterocycles. The zero-order valence-corrected chi connectivity index (χ0v) is 15.0. The number of piperazine rings is 1. The minimum absolute atomic E-state index is 0.00481. The smallest absolute Gasteiger partial charge is 0.169 e. The van der Waals surface area contributed by atoms with Crippen molar-refractivity contribution in [2.24, 2.45) is 0 Å². The van der Waals surface area contributed by atoms with E-state index in [-0.39, 0.29) is 17.4 Å². The van der Waals surface area contributed by atoms with Gasteiger partial charge in [0.1, 0.15) is 5.82 Å². The number of thiocarbonyl (C=S) groups is 1. The van der Waals surface area contributed by atoms with Crippen LogP contribution in [0.1, 0.15) is 45.2 Å². The van der Waals surface area contributed by atoms with Crippen LogP contribution in [0.15, 0.2) is 24.3 Å². The van der Waals surface area contributed by atoms with Gasteiger partial charge in [-0.05, 0) is 58.4 Å². The number of nitrogens with one attached hydrogen (secondary N) is 1. The molecule has 5 heteroatoms. The molecule has 0 aromatic heterocycles. The number of fused-ring (bicyclic) bond motifs is 1. The fourth-order valence-corrected chi connectivity index (χ4v) is 4.29. The first kappa shape index (κ1) is 16.7.